The number of amides is 1. The summed E-state index contributed by atoms with van der Waals surface area (Å²) in [4.78, 5) is 33.9. The Bertz CT molecular complexity index is 1810. The van der Waals surface area contributed by atoms with Crippen LogP contribution in [0, 0.1) is 13.8 Å². The van der Waals surface area contributed by atoms with Crippen molar-refractivity contribution in [3.63, 3.8) is 0 Å². The summed E-state index contributed by atoms with van der Waals surface area (Å²) in [6.07, 6.45) is 3.77. The molecule has 0 radical (unpaired) electrons. The normalized spacial score (nSPS) is 19.0. The third-order valence-corrected chi connectivity index (χ3v) is 9.15. The second-order valence-electron chi connectivity index (χ2n) is 11.5. The Balaban J connectivity index is 1.50. The number of aliphatic hydroxyl groups excluding tert-OH is 1. The van der Waals surface area contributed by atoms with Gasteiger partial charge in [-0.1, -0.05) is 43.2 Å². The Morgan fingerprint density at radius 3 is 2.68 bits per heavy atom. The van der Waals surface area contributed by atoms with Crippen LogP contribution in [0.25, 0.3) is 16.0 Å². The third kappa shape index (κ3) is 5.30. The van der Waals surface area contributed by atoms with E-state index in [0.29, 0.717) is 40.8 Å². The van der Waals surface area contributed by atoms with E-state index in [0.717, 1.165) is 51.9 Å². The number of nitrogens with zero attached hydrogens (tertiary/aromatic N) is 2. The SMILES string of the molecule is CCCCCOc1ccc([C@H]2C(=C(O)c3ccc4c(c3)C[C@H](C)O4)C(=O)C(=O)N2c2nc3c(C)cc(C)cc3s2)cc1OC. The van der Waals surface area contributed by atoms with Gasteiger partial charge in [0.05, 0.1) is 35.5 Å². The number of aromatic nitrogens is 1. The van der Waals surface area contributed by atoms with E-state index in [4.69, 9.17) is 19.2 Å². The maximum atomic E-state index is 13.8. The number of thiazole rings is 1. The number of hydrogen-bond acceptors (Lipinski definition) is 8. The minimum atomic E-state index is -0.941. The Morgan fingerprint density at radius 1 is 1.09 bits per heavy atom. The molecule has 6 rings (SSSR count). The number of Topliss-reactive ketones (excluding diaryl/α,β-unsaturated/α-hetero) is 1. The summed E-state index contributed by atoms with van der Waals surface area (Å²) in [6, 6.07) is 13.8. The van der Waals surface area contributed by atoms with E-state index in [9.17, 15) is 14.7 Å². The smallest absolute Gasteiger partial charge is 0.301 e. The highest BCUT2D eigenvalue weighted by atomic mass is 32.1. The molecular weight excluding hydrogens is 576 g/mol. The summed E-state index contributed by atoms with van der Waals surface area (Å²) in [6.45, 7) is 8.66. The quantitative estimate of drug-likeness (QED) is 0.0908. The maximum Gasteiger partial charge on any atom is 0.301 e. The molecule has 1 fully saturated rings. The van der Waals surface area contributed by atoms with Crippen LogP contribution in [0.4, 0.5) is 5.13 Å². The van der Waals surface area contributed by atoms with Crippen molar-refractivity contribution >= 4 is 44.1 Å². The van der Waals surface area contributed by atoms with Gasteiger partial charge in [-0.25, -0.2) is 4.98 Å². The summed E-state index contributed by atoms with van der Waals surface area (Å²) >= 11 is 1.35. The number of ether oxygens (including phenoxy) is 3. The first-order chi connectivity index (χ1) is 21.2. The number of aliphatic hydroxyl groups is 1. The molecule has 2 aliphatic rings. The molecule has 0 saturated carbocycles. The van der Waals surface area contributed by atoms with Crippen molar-refractivity contribution < 1.29 is 28.9 Å². The average molecular weight is 613 g/mol. The lowest BCUT2D eigenvalue weighted by atomic mass is 9.94. The van der Waals surface area contributed by atoms with Crippen LogP contribution in [0.15, 0.2) is 54.1 Å². The van der Waals surface area contributed by atoms with Crippen LogP contribution in [-0.2, 0) is 16.0 Å². The van der Waals surface area contributed by atoms with Crippen LogP contribution in [0.1, 0.15) is 67.0 Å². The van der Waals surface area contributed by atoms with E-state index in [1.807, 2.05) is 45.0 Å². The molecule has 2 aliphatic heterocycles. The predicted octanol–water partition coefficient (Wildman–Crippen LogP) is 7.44. The van der Waals surface area contributed by atoms with E-state index in [1.54, 1.807) is 31.4 Å². The third-order valence-electron chi connectivity index (χ3n) is 8.15. The summed E-state index contributed by atoms with van der Waals surface area (Å²) in [7, 11) is 1.56. The number of methoxy groups -OCH3 is 1. The Labute approximate surface area is 260 Å². The van der Waals surface area contributed by atoms with Crippen LogP contribution >= 0.6 is 11.3 Å². The van der Waals surface area contributed by atoms with Gasteiger partial charge in [0, 0.05) is 12.0 Å². The van der Waals surface area contributed by atoms with Crippen molar-refractivity contribution in [1.82, 2.24) is 4.98 Å². The van der Waals surface area contributed by atoms with Gasteiger partial charge in [-0.3, -0.25) is 14.5 Å². The number of carbonyl (C=O) groups excluding carboxylic acids is 2. The highest BCUT2D eigenvalue weighted by molar-refractivity contribution is 7.22. The Hall–Kier alpha value is -4.37. The van der Waals surface area contributed by atoms with Gasteiger partial charge in [0.2, 0.25) is 0 Å². The van der Waals surface area contributed by atoms with Crippen LogP contribution in [0.2, 0.25) is 0 Å². The number of rotatable bonds is 9. The predicted molar refractivity (Wildman–Crippen MR) is 172 cm³/mol. The number of fused-ring (bicyclic) bond motifs is 2. The number of anilines is 1. The van der Waals surface area contributed by atoms with Gasteiger partial charge in [-0.15, -0.1) is 0 Å². The number of aryl methyl sites for hydroxylation is 2. The van der Waals surface area contributed by atoms with Crippen LogP contribution < -0.4 is 19.1 Å². The highest BCUT2D eigenvalue weighted by Gasteiger charge is 2.48. The summed E-state index contributed by atoms with van der Waals surface area (Å²) in [5.74, 6) is 0.0356. The first-order valence-corrected chi connectivity index (χ1v) is 15.8. The molecule has 44 heavy (non-hydrogen) atoms. The number of hydrogen-bond donors (Lipinski definition) is 1. The van der Waals surface area contributed by atoms with E-state index < -0.39 is 17.7 Å². The molecule has 1 saturated heterocycles. The first-order valence-electron chi connectivity index (χ1n) is 15.0. The van der Waals surface area contributed by atoms with Gasteiger partial charge in [-0.2, -0.15) is 0 Å². The van der Waals surface area contributed by atoms with Crippen LogP contribution in [-0.4, -0.2) is 41.6 Å². The fourth-order valence-corrected chi connectivity index (χ4v) is 7.21. The molecule has 0 spiro atoms. The molecule has 0 bridgehead atoms. The summed E-state index contributed by atoms with van der Waals surface area (Å²) in [5.41, 5.74) is 4.81. The molecule has 0 aliphatic carbocycles. The number of unbranched alkanes of at least 4 members (excludes halogenated alkanes) is 2. The van der Waals surface area contributed by atoms with Gasteiger partial charge in [0.1, 0.15) is 17.6 Å². The minimum Gasteiger partial charge on any atom is -0.507 e. The zero-order chi connectivity index (χ0) is 31.1. The second kappa shape index (κ2) is 12.0. The van der Waals surface area contributed by atoms with Crippen LogP contribution in [0.3, 0.4) is 0 Å². The monoisotopic (exact) mass is 612 g/mol. The second-order valence-corrected chi connectivity index (χ2v) is 12.5. The lowest BCUT2D eigenvalue weighted by molar-refractivity contribution is -0.132. The summed E-state index contributed by atoms with van der Waals surface area (Å²) in [5, 5.41) is 12.1. The standard InChI is InChI=1S/C35H36N2O6S/c1-6-7-8-13-42-26-12-9-22(18-27(26)41-5)31-29(32(38)23-10-11-25-24(17-23)16-21(4)43-25)33(39)34(40)37(31)35-36-30-20(3)14-19(2)15-28(30)44-35/h9-12,14-15,17-18,21,31,38H,6-8,13,16H2,1-5H3/t21-,31-/m0/s1. The largest absolute Gasteiger partial charge is 0.507 e. The average Bonchev–Trinajstić information content (AvgIpc) is 3.67. The Morgan fingerprint density at radius 2 is 1.91 bits per heavy atom. The van der Waals surface area contributed by atoms with E-state index >= 15 is 0 Å². The molecule has 4 aromatic rings. The molecule has 2 atom stereocenters. The zero-order valence-corrected chi connectivity index (χ0v) is 26.4. The van der Waals surface area contributed by atoms with E-state index in [2.05, 4.69) is 6.92 Å². The van der Waals surface area contributed by atoms with Gasteiger partial charge < -0.3 is 19.3 Å². The number of benzene rings is 3. The minimum absolute atomic E-state index is 0.00672. The van der Waals surface area contributed by atoms with Gasteiger partial charge in [0.15, 0.2) is 16.6 Å². The fraction of sp³-hybridized carbons (Fsp3) is 0.343. The van der Waals surface area contributed by atoms with E-state index in [-0.39, 0.29) is 17.4 Å². The molecule has 3 aromatic carbocycles. The van der Waals surface area contributed by atoms with Gasteiger partial charge in [0.25, 0.3) is 5.78 Å². The van der Waals surface area contributed by atoms with Gasteiger partial charge >= 0.3 is 5.91 Å². The van der Waals surface area contributed by atoms with Crippen molar-refractivity contribution in [2.24, 2.45) is 0 Å². The molecule has 0 unspecified atom stereocenters. The van der Waals surface area contributed by atoms with Crippen molar-refractivity contribution in [2.75, 3.05) is 18.6 Å². The van der Waals surface area contributed by atoms with Crippen molar-refractivity contribution in [3.8, 4) is 17.2 Å². The first kappa shape index (κ1) is 29.7. The highest BCUT2D eigenvalue weighted by Crippen LogP contribution is 2.46. The molecular formula is C35H36N2O6S. The van der Waals surface area contributed by atoms with Crippen molar-refractivity contribution in [2.45, 2.75) is 65.5 Å². The zero-order valence-electron chi connectivity index (χ0n) is 25.6. The molecule has 8 nitrogen and oxygen atoms in total. The molecule has 1 amide bonds. The molecule has 9 heteroatoms. The van der Waals surface area contributed by atoms with Crippen molar-refractivity contribution in [3.05, 3.63) is 81.9 Å². The molecule has 1 aromatic heterocycles. The maximum absolute atomic E-state index is 13.8. The topological polar surface area (TPSA) is 98.2 Å². The molecule has 3 heterocycles. The lowest BCUT2D eigenvalue weighted by Crippen LogP contribution is -2.29. The number of carbonyl (C=O) groups is 2. The molecule has 228 valence electrons. The van der Waals surface area contributed by atoms with Crippen LogP contribution in [0.5, 0.6) is 17.2 Å². The van der Waals surface area contributed by atoms with Crippen molar-refractivity contribution in [1.29, 1.82) is 0 Å². The van der Waals surface area contributed by atoms with Gasteiger partial charge in [-0.05, 0) is 85.8 Å². The fourth-order valence-electron chi connectivity index (χ4n) is 6.04. The summed E-state index contributed by atoms with van der Waals surface area (Å²) < 4.78 is 18.5. The lowest BCUT2D eigenvalue weighted by Gasteiger charge is -2.24. The molecule has 1 N–H and O–H groups in total. The Kier molecular flexibility index (Phi) is 8.07. The number of ketones is 1. The van der Waals surface area contributed by atoms with E-state index in [1.165, 1.54) is 16.2 Å².